The molecule has 0 saturated heterocycles. The average Bonchev–Trinajstić information content (AvgIpc) is 2.74. The van der Waals surface area contributed by atoms with Crippen molar-refractivity contribution in [3.8, 4) is 12.3 Å². The molecule has 0 unspecified atom stereocenters. The molecule has 0 aliphatic carbocycles. The molecule has 0 amide bonds. The van der Waals surface area contributed by atoms with Crippen molar-refractivity contribution in [3.05, 3.63) is 35.6 Å². The van der Waals surface area contributed by atoms with E-state index in [-0.39, 0.29) is 5.76 Å². The van der Waals surface area contributed by atoms with Gasteiger partial charge in [-0.05, 0) is 6.07 Å². The van der Waals surface area contributed by atoms with E-state index >= 15 is 0 Å². The molecule has 0 fully saturated rings. The molecule has 0 aliphatic rings. The molecule has 0 saturated carbocycles. The lowest BCUT2D eigenvalue weighted by Crippen LogP contribution is -2.15. The van der Waals surface area contributed by atoms with E-state index in [0.717, 1.165) is 5.39 Å². The first-order valence-corrected chi connectivity index (χ1v) is 5.62. The lowest BCUT2D eigenvalue weighted by molar-refractivity contribution is 0.0663. The first-order valence-electron chi connectivity index (χ1n) is 5.62. The third kappa shape index (κ3) is 2.36. The Labute approximate surface area is 105 Å². The molecule has 0 atom stereocenters. The van der Waals surface area contributed by atoms with Gasteiger partial charge in [-0.3, -0.25) is 0 Å². The van der Waals surface area contributed by atoms with Gasteiger partial charge in [0, 0.05) is 30.5 Å². The number of carboxylic acid groups (broad SMARTS) is 1. The van der Waals surface area contributed by atoms with Crippen LogP contribution >= 0.6 is 0 Å². The number of terminal acetylenes is 1. The SMILES string of the molecule is C#CCCNCc1c(C(=O)O)oc2ccccc12. The zero-order valence-electron chi connectivity index (χ0n) is 9.77. The molecule has 0 radical (unpaired) electrons. The first-order chi connectivity index (χ1) is 8.74. The summed E-state index contributed by atoms with van der Waals surface area (Å²) < 4.78 is 5.34. The zero-order chi connectivity index (χ0) is 13.0. The van der Waals surface area contributed by atoms with E-state index in [9.17, 15) is 4.79 Å². The van der Waals surface area contributed by atoms with Gasteiger partial charge < -0.3 is 14.8 Å². The summed E-state index contributed by atoms with van der Waals surface area (Å²) in [5.41, 5.74) is 1.25. The maximum absolute atomic E-state index is 11.1. The molecule has 18 heavy (non-hydrogen) atoms. The number of hydrogen-bond acceptors (Lipinski definition) is 3. The average molecular weight is 243 g/mol. The molecular weight excluding hydrogens is 230 g/mol. The predicted octanol–water partition coefficient (Wildman–Crippen LogP) is 2.24. The Morgan fingerprint density at radius 3 is 2.94 bits per heavy atom. The van der Waals surface area contributed by atoms with Gasteiger partial charge in [-0.15, -0.1) is 12.3 Å². The fraction of sp³-hybridized carbons (Fsp3) is 0.214. The molecule has 1 aromatic carbocycles. The number of aromatic carboxylic acids is 1. The molecule has 2 rings (SSSR count). The number of hydrogen-bond donors (Lipinski definition) is 2. The third-order valence-corrected chi connectivity index (χ3v) is 2.64. The number of para-hydroxylation sites is 1. The van der Waals surface area contributed by atoms with Crippen molar-refractivity contribution in [2.75, 3.05) is 6.54 Å². The summed E-state index contributed by atoms with van der Waals surface area (Å²) in [7, 11) is 0. The molecule has 0 aliphatic heterocycles. The van der Waals surface area contributed by atoms with Crippen LogP contribution in [0, 0.1) is 12.3 Å². The van der Waals surface area contributed by atoms with Crippen LogP contribution in [0.25, 0.3) is 11.0 Å². The van der Waals surface area contributed by atoms with Crippen LogP contribution in [0.1, 0.15) is 22.5 Å². The van der Waals surface area contributed by atoms with Gasteiger partial charge >= 0.3 is 5.97 Å². The highest BCUT2D eigenvalue weighted by Crippen LogP contribution is 2.25. The monoisotopic (exact) mass is 243 g/mol. The first kappa shape index (κ1) is 12.2. The standard InChI is InChI=1S/C14H13NO3/c1-2-3-8-15-9-11-10-6-4-5-7-12(10)18-13(11)14(16)17/h1,4-7,15H,3,8-9H2,(H,16,17). The highest BCUT2D eigenvalue weighted by atomic mass is 16.4. The van der Waals surface area contributed by atoms with Gasteiger partial charge in [0.15, 0.2) is 0 Å². The van der Waals surface area contributed by atoms with Crippen LogP contribution in [-0.4, -0.2) is 17.6 Å². The van der Waals surface area contributed by atoms with Crippen LogP contribution in [0.2, 0.25) is 0 Å². The maximum Gasteiger partial charge on any atom is 0.372 e. The van der Waals surface area contributed by atoms with Crippen molar-refractivity contribution in [2.24, 2.45) is 0 Å². The molecule has 4 nitrogen and oxygen atoms in total. The van der Waals surface area contributed by atoms with Gasteiger partial charge in [-0.25, -0.2) is 4.79 Å². The molecule has 92 valence electrons. The van der Waals surface area contributed by atoms with Gasteiger partial charge in [0.1, 0.15) is 5.58 Å². The van der Waals surface area contributed by atoms with Crippen molar-refractivity contribution >= 4 is 16.9 Å². The predicted molar refractivity (Wildman–Crippen MR) is 68.3 cm³/mol. The molecule has 1 heterocycles. The maximum atomic E-state index is 11.1. The van der Waals surface area contributed by atoms with Gasteiger partial charge in [-0.1, -0.05) is 18.2 Å². The molecule has 2 N–H and O–H groups in total. The number of carboxylic acids is 1. The van der Waals surface area contributed by atoms with Gasteiger partial charge in [0.25, 0.3) is 0 Å². The Kier molecular flexibility index (Phi) is 3.66. The number of fused-ring (bicyclic) bond motifs is 1. The van der Waals surface area contributed by atoms with Gasteiger partial charge in [0.05, 0.1) is 0 Å². The highest BCUT2D eigenvalue weighted by Gasteiger charge is 2.18. The Morgan fingerprint density at radius 2 is 2.22 bits per heavy atom. The van der Waals surface area contributed by atoms with Crippen molar-refractivity contribution in [1.29, 1.82) is 0 Å². The largest absolute Gasteiger partial charge is 0.475 e. The van der Waals surface area contributed by atoms with Crippen LogP contribution in [-0.2, 0) is 6.54 Å². The van der Waals surface area contributed by atoms with E-state index in [1.807, 2.05) is 18.2 Å². The van der Waals surface area contributed by atoms with Crippen molar-refractivity contribution in [2.45, 2.75) is 13.0 Å². The second-order valence-corrected chi connectivity index (χ2v) is 3.84. The third-order valence-electron chi connectivity index (χ3n) is 2.64. The van der Waals surface area contributed by atoms with E-state index in [1.165, 1.54) is 0 Å². The summed E-state index contributed by atoms with van der Waals surface area (Å²) in [6, 6.07) is 7.28. The fourth-order valence-electron chi connectivity index (χ4n) is 1.82. The minimum Gasteiger partial charge on any atom is -0.475 e. The molecule has 0 spiro atoms. The molecule has 4 heteroatoms. The Morgan fingerprint density at radius 1 is 1.44 bits per heavy atom. The number of nitrogens with one attached hydrogen (secondary N) is 1. The lowest BCUT2D eigenvalue weighted by atomic mass is 10.1. The smallest absolute Gasteiger partial charge is 0.372 e. The number of rotatable bonds is 5. The summed E-state index contributed by atoms with van der Waals surface area (Å²) in [4.78, 5) is 11.1. The van der Waals surface area contributed by atoms with Crippen LogP contribution in [0.15, 0.2) is 28.7 Å². The number of furan rings is 1. The van der Waals surface area contributed by atoms with E-state index < -0.39 is 5.97 Å². The molecule has 0 bridgehead atoms. The molecular formula is C14H13NO3. The topological polar surface area (TPSA) is 62.5 Å². The summed E-state index contributed by atoms with van der Waals surface area (Å²) in [6.45, 7) is 1.08. The summed E-state index contributed by atoms with van der Waals surface area (Å²) >= 11 is 0. The van der Waals surface area contributed by atoms with Crippen LogP contribution in [0.5, 0.6) is 0 Å². The highest BCUT2D eigenvalue weighted by molar-refractivity contribution is 5.95. The Balaban J connectivity index is 2.31. The van der Waals surface area contributed by atoms with E-state index in [0.29, 0.717) is 30.7 Å². The van der Waals surface area contributed by atoms with Gasteiger partial charge in [-0.2, -0.15) is 0 Å². The fourth-order valence-corrected chi connectivity index (χ4v) is 1.82. The minimum atomic E-state index is -1.06. The summed E-state index contributed by atoms with van der Waals surface area (Å²) in [6.07, 6.45) is 5.76. The van der Waals surface area contributed by atoms with E-state index in [2.05, 4.69) is 11.2 Å². The van der Waals surface area contributed by atoms with Crippen LogP contribution in [0.3, 0.4) is 0 Å². The number of benzene rings is 1. The van der Waals surface area contributed by atoms with Crippen LogP contribution in [0.4, 0.5) is 0 Å². The Bertz CT molecular complexity index is 607. The second kappa shape index (κ2) is 5.39. The second-order valence-electron chi connectivity index (χ2n) is 3.84. The summed E-state index contributed by atoms with van der Waals surface area (Å²) in [5.74, 6) is 1.45. The number of carbonyl (C=O) groups is 1. The quantitative estimate of drug-likeness (QED) is 0.624. The minimum absolute atomic E-state index is 0.00981. The van der Waals surface area contributed by atoms with E-state index in [4.69, 9.17) is 15.9 Å². The van der Waals surface area contributed by atoms with Crippen molar-refractivity contribution in [1.82, 2.24) is 5.32 Å². The van der Waals surface area contributed by atoms with Crippen molar-refractivity contribution in [3.63, 3.8) is 0 Å². The Hall–Kier alpha value is -2.25. The van der Waals surface area contributed by atoms with Gasteiger partial charge in [0.2, 0.25) is 5.76 Å². The normalized spacial score (nSPS) is 10.4. The molecule has 1 aromatic heterocycles. The zero-order valence-corrected chi connectivity index (χ0v) is 9.77. The lowest BCUT2D eigenvalue weighted by Gasteiger charge is -2.01. The van der Waals surface area contributed by atoms with Crippen LogP contribution < -0.4 is 5.32 Å². The summed E-state index contributed by atoms with van der Waals surface area (Å²) in [5, 5.41) is 13.0. The van der Waals surface area contributed by atoms with Crippen molar-refractivity contribution < 1.29 is 14.3 Å². The van der Waals surface area contributed by atoms with E-state index in [1.54, 1.807) is 6.07 Å². The molecule has 2 aromatic rings.